The molecule has 184 valence electrons. The van der Waals surface area contributed by atoms with Gasteiger partial charge < -0.3 is 19.8 Å². The van der Waals surface area contributed by atoms with Crippen LogP contribution in [0.5, 0.6) is 5.75 Å². The lowest BCUT2D eigenvalue weighted by molar-refractivity contribution is 0.00783. The first-order chi connectivity index (χ1) is 15.7. The molecule has 6 heteroatoms. The van der Waals surface area contributed by atoms with Crippen molar-refractivity contribution in [2.24, 2.45) is 0 Å². The molecule has 1 aliphatic carbocycles. The predicted molar refractivity (Wildman–Crippen MR) is 130 cm³/mol. The zero-order chi connectivity index (χ0) is 24.3. The molecule has 6 nitrogen and oxygen atoms in total. The lowest BCUT2D eigenvalue weighted by atomic mass is 9.98. The number of piperidine rings is 1. The Labute approximate surface area is 199 Å². The molecule has 0 radical (unpaired) electrons. The monoisotopic (exact) mass is 458 g/mol. The van der Waals surface area contributed by atoms with E-state index in [4.69, 9.17) is 20.2 Å². The van der Waals surface area contributed by atoms with Crippen LogP contribution < -0.4 is 0 Å². The second kappa shape index (κ2) is 13.4. The van der Waals surface area contributed by atoms with Gasteiger partial charge in [-0.15, -0.1) is 0 Å². The molecule has 2 bridgehead atoms. The van der Waals surface area contributed by atoms with Crippen LogP contribution >= 0.6 is 0 Å². The number of aromatic hydroxyl groups is 1. The van der Waals surface area contributed by atoms with Crippen molar-refractivity contribution < 1.29 is 19.7 Å². The van der Waals surface area contributed by atoms with Gasteiger partial charge in [-0.2, -0.15) is 5.26 Å². The van der Waals surface area contributed by atoms with Crippen LogP contribution in [0, 0.1) is 11.3 Å². The van der Waals surface area contributed by atoms with Crippen LogP contribution in [0.2, 0.25) is 0 Å². The maximum atomic E-state index is 12.0. The first-order valence-corrected chi connectivity index (χ1v) is 12.5. The molecule has 4 rings (SSSR count). The van der Waals surface area contributed by atoms with Crippen LogP contribution in [0.25, 0.3) is 0 Å². The van der Waals surface area contributed by atoms with Crippen LogP contribution in [-0.2, 0) is 11.2 Å². The maximum Gasteiger partial charge on any atom is 0.410 e. The number of benzene rings is 1. The first-order valence-electron chi connectivity index (χ1n) is 12.5. The van der Waals surface area contributed by atoms with E-state index in [1.807, 2.05) is 37.8 Å². The Morgan fingerprint density at radius 2 is 1.58 bits per heavy atom. The number of rotatable bonds is 2. The molecule has 1 aromatic carbocycles. The number of amides is 1. The number of nitrogens with zero attached hydrogens (tertiary/aromatic N) is 2. The van der Waals surface area contributed by atoms with Gasteiger partial charge in [0.05, 0.1) is 12.2 Å². The number of aliphatic hydroxyl groups excluding tert-OH is 1. The smallest absolute Gasteiger partial charge is 0.410 e. The molecule has 1 amide bonds. The highest BCUT2D eigenvalue weighted by Gasteiger charge is 2.41. The summed E-state index contributed by atoms with van der Waals surface area (Å²) in [5, 5.41) is 26.1. The summed E-state index contributed by atoms with van der Waals surface area (Å²) in [6, 6.07) is 9.90. The molecule has 2 atom stereocenters. The van der Waals surface area contributed by atoms with E-state index in [9.17, 15) is 4.79 Å². The van der Waals surface area contributed by atoms with Crippen molar-refractivity contribution in [1.82, 2.24) is 4.90 Å². The van der Waals surface area contributed by atoms with Gasteiger partial charge >= 0.3 is 6.09 Å². The average Bonchev–Trinajstić information content (AvgIpc) is 3.03. The number of phenolic OH excluding ortho intramolecular Hbond substituents is 1. The van der Waals surface area contributed by atoms with E-state index in [1.54, 1.807) is 12.1 Å². The Morgan fingerprint density at radius 3 is 2.03 bits per heavy atom. The summed E-state index contributed by atoms with van der Waals surface area (Å²) in [4.78, 5) is 14.0. The van der Waals surface area contributed by atoms with Crippen molar-refractivity contribution in [3.05, 3.63) is 29.8 Å². The zero-order valence-electron chi connectivity index (χ0n) is 20.6. The van der Waals surface area contributed by atoms with Crippen molar-refractivity contribution in [3.63, 3.8) is 0 Å². The lowest BCUT2D eigenvalue weighted by Crippen LogP contribution is -2.46. The molecule has 1 aromatic rings. The number of carbonyl (C=O) groups is 1. The van der Waals surface area contributed by atoms with Gasteiger partial charge in [-0.3, -0.25) is 0 Å². The van der Waals surface area contributed by atoms with Gasteiger partial charge in [-0.1, -0.05) is 31.4 Å². The van der Waals surface area contributed by atoms with Crippen LogP contribution in [-0.4, -0.2) is 45.0 Å². The molecule has 3 fully saturated rings. The second-order valence-electron chi connectivity index (χ2n) is 10.3. The SMILES string of the molecule is CC(C)(C)OC(=O)N1C2CCCC1CC2.N#CCCc1ccc(O)cc1.OC1CCCCC1. The molecular weight excluding hydrogens is 416 g/mol. The van der Waals surface area contributed by atoms with E-state index in [0.717, 1.165) is 37.7 Å². The summed E-state index contributed by atoms with van der Waals surface area (Å²) in [6.45, 7) is 5.78. The zero-order valence-corrected chi connectivity index (χ0v) is 20.6. The van der Waals surface area contributed by atoms with E-state index in [2.05, 4.69) is 6.07 Å². The Hall–Kier alpha value is -2.26. The molecule has 0 aromatic heterocycles. The Balaban J connectivity index is 0.000000188. The highest BCUT2D eigenvalue weighted by atomic mass is 16.6. The van der Waals surface area contributed by atoms with E-state index in [0.29, 0.717) is 18.5 Å². The van der Waals surface area contributed by atoms with Gasteiger partial charge in [0.25, 0.3) is 0 Å². The fraction of sp³-hybridized carbons (Fsp3) is 0.704. The maximum absolute atomic E-state index is 12.0. The standard InChI is InChI=1S/C12H21NO2.C9H9NO.C6H12O/c1-12(2,3)15-11(14)13-9-5-4-6-10(13)8-7-9;10-7-1-2-8-3-5-9(11)6-4-8;7-6-4-2-1-3-5-6/h9-10H,4-8H2,1-3H3;3-6,11H,1-2H2;6-7H,1-5H2. The number of hydrogen-bond acceptors (Lipinski definition) is 5. The fourth-order valence-corrected chi connectivity index (χ4v) is 4.67. The van der Waals surface area contributed by atoms with Crippen molar-refractivity contribution in [2.45, 2.75) is 122 Å². The Morgan fingerprint density at radius 1 is 1.00 bits per heavy atom. The van der Waals surface area contributed by atoms with Gasteiger partial charge in [0.1, 0.15) is 11.4 Å². The highest BCUT2D eigenvalue weighted by Crippen LogP contribution is 2.36. The number of aliphatic hydroxyl groups is 1. The highest BCUT2D eigenvalue weighted by molar-refractivity contribution is 5.69. The van der Waals surface area contributed by atoms with Gasteiger partial charge in [-0.25, -0.2) is 4.79 Å². The molecule has 2 unspecified atom stereocenters. The number of carbonyl (C=O) groups excluding carboxylic acids is 1. The molecule has 2 saturated heterocycles. The van der Waals surface area contributed by atoms with Crippen molar-refractivity contribution in [1.29, 1.82) is 5.26 Å². The third-order valence-electron chi connectivity index (χ3n) is 6.34. The van der Waals surface area contributed by atoms with Crippen molar-refractivity contribution in [2.75, 3.05) is 0 Å². The number of aryl methyl sites for hydroxylation is 1. The largest absolute Gasteiger partial charge is 0.508 e. The summed E-state index contributed by atoms with van der Waals surface area (Å²) in [6.07, 6.45) is 13.1. The minimum atomic E-state index is -0.367. The molecular formula is C27H42N2O4. The topological polar surface area (TPSA) is 93.8 Å². The minimum Gasteiger partial charge on any atom is -0.508 e. The van der Waals surface area contributed by atoms with Crippen LogP contribution in [0.4, 0.5) is 4.79 Å². The average molecular weight is 459 g/mol. The van der Waals surface area contributed by atoms with E-state index in [-0.39, 0.29) is 23.5 Å². The van der Waals surface area contributed by atoms with Gasteiger partial charge in [0.15, 0.2) is 0 Å². The van der Waals surface area contributed by atoms with Crippen LogP contribution in [0.15, 0.2) is 24.3 Å². The van der Waals surface area contributed by atoms with E-state index < -0.39 is 0 Å². The minimum absolute atomic E-state index is 0.0359. The first kappa shape index (κ1) is 27.0. The number of fused-ring (bicyclic) bond motifs is 2. The molecule has 2 aliphatic heterocycles. The molecule has 0 spiro atoms. The summed E-state index contributed by atoms with van der Waals surface area (Å²) < 4.78 is 5.44. The predicted octanol–water partition coefficient (Wildman–Crippen LogP) is 6.10. The van der Waals surface area contributed by atoms with Gasteiger partial charge in [0.2, 0.25) is 0 Å². The van der Waals surface area contributed by atoms with Crippen molar-refractivity contribution in [3.8, 4) is 11.8 Å². The Bertz CT molecular complexity index is 729. The van der Waals surface area contributed by atoms with Crippen molar-refractivity contribution >= 4 is 6.09 Å². The number of ether oxygens (including phenoxy) is 1. The van der Waals surface area contributed by atoms with E-state index in [1.165, 1.54) is 38.5 Å². The number of hydrogen-bond donors (Lipinski definition) is 2. The van der Waals surface area contributed by atoms with Gasteiger partial charge in [0, 0.05) is 18.5 Å². The number of nitriles is 1. The summed E-state index contributed by atoms with van der Waals surface area (Å²) >= 11 is 0. The summed E-state index contributed by atoms with van der Waals surface area (Å²) in [5.74, 6) is 0.269. The summed E-state index contributed by atoms with van der Waals surface area (Å²) in [5.41, 5.74) is 0.720. The number of phenols is 1. The van der Waals surface area contributed by atoms with Gasteiger partial charge in [-0.05, 0) is 89.8 Å². The molecule has 2 N–H and O–H groups in total. The third kappa shape index (κ3) is 10.0. The second-order valence-corrected chi connectivity index (χ2v) is 10.3. The van der Waals surface area contributed by atoms with Crippen LogP contribution in [0.1, 0.15) is 97.0 Å². The van der Waals surface area contributed by atoms with E-state index >= 15 is 0 Å². The quantitative estimate of drug-likeness (QED) is 0.558. The lowest BCUT2D eigenvalue weighted by Gasteiger charge is -2.35. The normalized spacial score (nSPS) is 22.2. The molecule has 3 aliphatic rings. The third-order valence-corrected chi connectivity index (χ3v) is 6.34. The molecule has 1 saturated carbocycles. The Kier molecular flexibility index (Phi) is 11.0. The fourth-order valence-electron chi connectivity index (χ4n) is 4.67. The molecule has 33 heavy (non-hydrogen) atoms. The molecule has 2 heterocycles. The summed E-state index contributed by atoms with van der Waals surface area (Å²) in [7, 11) is 0. The van der Waals surface area contributed by atoms with Crippen LogP contribution in [0.3, 0.4) is 0 Å².